The summed E-state index contributed by atoms with van der Waals surface area (Å²) in [5.41, 5.74) is 2.61. The molecule has 0 fully saturated rings. The Labute approximate surface area is 97.6 Å². The van der Waals surface area contributed by atoms with Crippen LogP contribution >= 0.6 is 11.6 Å². The van der Waals surface area contributed by atoms with Gasteiger partial charge >= 0.3 is 0 Å². The van der Waals surface area contributed by atoms with Gasteiger partial charge in [-0.1, -0.05) is 13.8 Å². The molecule has 1 unspecified atom stereocenters. The van der Waals surface area contributed by atoms with Crippen LogP contribution in [0.3, 0.4) is 0 Å². The largest absolute Gasteiger partial charge is 0.272 e. The zero-order valence-corrected chi connectivity index (χ0v) is 11.1. The predicted octanol–water partition coefficient (Wildman–Crippen LogP) is 3.31. The molecule has 0 saturated carbocycles. The molecule has 0 radical (unpaired) electrons. The average molecular weight is 229 g/mol. The van der Waals surface area contributed by atoms with Gasteiger partial charge in [0.1, 0.15) is 0 Å². The van der Waals surface area contributed by atoms with Gasteiger partial charge in [0.05, 0.1) is 5.69 Å². The monoisotopic (exact) mass is 228 g/mol. The molecule has 0 amide bonds. The summed E-state index contributed by atoms with van der Waals surface area (Å²) < 4.78 is 1.97. The second kappa shape index (κ2) is 4.56. The van der Waals surface area contributed by atoms with Crippen molar-refractivity contribution in [3.8, 4) is 0 Å². The Morgan fingerprint density at radius 1 is 1.53 bits per heavy atom. The van der Waals surface area contributed by atoms with E-state index in [1.807, 2.05) is 18.7 Å². The van der Waals surface area contributed by atoms with Crippen LogP contribution in [0.25, 0.3) is 0 Å². The number of rotatable bonds is 4. The van der Waals surface area contributed by atoms with Crippen LogP contribution in [-0.4, -0.2) is 15.2 Å². The molecule has 0 aliphatic carbocycles. The lowest BCUT2D eigenvalue weighted by molar-refractivity contribution is 0.323. The second-order valence-electron chi connectivity index (χ2n) is 5.23. The summed E-state index contributed by atoms with van der Waals surface area (Å²) >= 11 is 6.05. The van der Waals surface area contributed by atoms with Gasteiger partial charge < -0.3 is 0 Å². The molecule has 86 valence electrons. The van der Waals surface area contributed by atoms with Gasteiger partial charge in [-0.25, -0.2) is 0 Å². The van der Waals surface area contributed by atoms with Crippen molar-refractivity contribution in [3.63, 3.8) is 0 Å². The first-order chi connectivity index (χ1) is 6.80. The number of hydrogen-bond donors (Lipinski definition) is 0. The van der Waals surface area contributed by atoms with Gasteiger partial charge in [-0.3, -0.25) is 4.68 Å². The lowest BCUT2D eigenvalue weighted by Crippen LogP contribution is -2.20. The lowest BCUT2D eigenvalue weighted by Gasteiger charge is -2.25. The number of nitrogens with zero attached hydrogens (tertiary/aromatic N) is 2. The number of aromatic nitrogens is 2. The van der Waals surface area contributed by atoms with Gasteiger partial charge in [0.25, 0.3) is 0 Å². The molecule has 3 heteroatoms. The molecule has 1 heterocycles. The molecule has 0 N–H and O–H groups in total. The highest BCUT2D eigenvalue weighted by Crippen LogP contribution is 2.29. The summed E-state index contributed by atoms with van der Waals surface area (Å²) in [5.74, 6) is 0. The number of halogens is 1. The zero-order chi connectivity index (χ0) is 11.6. The van der Waals surface area contributed by atoms with E-state index >= 15 is 0 Å². The summed E-state index contributed by atoms with van der Waals surface area (Å²) in [5, 5.41) is 4.59. The van der Waals surface area contributed by atoms with Crippen LogP contribution in [0.5, 0.6) is 0 Å². The van der Waals surface area contributed by atoms with Crippen molar-refractivity contribution in [2.75, 3.05) is 0 Å². The minimum Gasteiger partial charge on any atom is -0.272 e. The number of aryl methyl sites for hydroxylation is 2. The van der Waals surface area contributed by atoms with Gasteiger partial charge in [-0.05, 0) is 38.2 Å². The van der Waals surface area contributed by atoms with Crippen LogP contribution in [0, 0.1) is 12.3 Å². The molecule has 1 aromatic heterocycles. The summed E-state index contributed by atoms with van der Waals surface area (Å²) in [6.45, 7) is 8.60. The maximum absolute atomic E-state index is 6.05. The minimum atomic E-state index is 0.231. The molecular weight excluding hydrogens is 208 g/mol. The second-order valence-corrected chi connectivity index (χ2v) is 5.97. The zero-order valence-electron chi connectivity index (χ0n) is 10.3. The molecule has 0 aliphatic rings. The van der Waals surface area contributed by atoms with E-state index in [0.717, 1.165) is 18.5 Å². The summed E-state index contributed by atoms with van der Waals surface area (Å²) in [6, 6.07) is 2.15. The maximum Gasteiger partial charge on any atom is 0.0596 e. The SMILES string of the molecule is Cc1cc(CC(C)(C)CC(C)Cl)n(C)n1. The number of hydrogen-bond acceptors (Lipinski definition) is 1. The Kier molecular flexibility index (Phi) is 3.82. The fourth-order valence-electron chi connectivity index (χ4n) is 2.15. The van der Waals surface area contributed by atoms with E-state index in [1.165, 1.54) is 5.69 Å². The van der Waals surface area contributed by atoms with Crippen molar-refractivity contribution in [3.05, 3.63) is 17.5 Å². The minimum absolute atomic E-state index is 0.231. The van der Waals surface area contributed by atoms with Crippen molar-refractivity contribution in [1.29, 1.82) is 0 Å². The van der Waals surface area contributed by atoms with Crippen LogP contribution in [0.1, 0.15) is 38.6 Å². The Balaban J connectivity index is 2.72. The molecule has 0 aliphatic heterocycles. The highest BCUT2D eigenvalue weighted by atomic mass is 35.5. The highest BCUT2D eigenvalue weighted by molar-refractivity contribution is 6.20. The van der Waals surface area contributed by atoms with Gasteiger partial charge in [0, 0.05) is 18.1 Å². The molecule has 0 spiro atoms. The van der Waals surface area contributed by atoms with Gasteiger partial charge in [-0.15, -0.1) is 11.6 Å². The van der Waals surface area contributed by atoms with Crippen molar-refractivity contribution in [1.82, 2.24) is 9.78 Å². The first kappa shape index (κ1) is 12.6. The van der Waals surface area contributed by atoms with E-state index in [1.54, 1.807) is 0 Å². The van der Waals surface area contributed by atoms with E-state index in [2.05, 4.69) is 31.9 Å². The normalized spacial score (nSPS) is 14.3. The third kappa shape index (κ3) is 3.86. The summed E-state index contributed by atoms with van der Waals surface area (Å²) in [7, 11) is 2.00. The van der Waals surface area contributed by atoms with E-state index < -0.39 is 0 Å². The Morgan fingerprint density at radius 3 is 2.53 bits per heavy atom. The quantitative estimate of drug-likeness (QED) is 0.723. The van der Waals surface area contributed by atoms with Gasteiger partial charge in [0.2, 0.25) is 0 Å². The van der Waals surface area contributed by atoms with Crippen LogP contribution < -0.4 is 0 Å². The first-order valence-electron chi connectivity index (χ1n) is 5.44. The average Bonchev–Trinajstić information content (AvgIpc) is 2.25. The Morgan fingerprint density at radius 2 is 2.13 bits per heavy atom. The number of alkyl halides is 1. The first-order valence-corrected chi connectivity index (χ1v) is 5.87. The fourth-order valence-corrected chi connectivity index (χ4v) is 2.57. The molecule has 0 aromatic carbocycles. The van der Waals surface area contributed by atoms with E-state index in [4.69, 9.17) is 11.6 Å². The highest BCUT2D eigenvalue weighted by Gasteiger charge is 2.22. The van der Waals surface area contributed by atoms with E-state index in [0.29, 0.717) is 0 Å². The third-order valence-corrected chi connectivity index (χ3v) is 2.75. The van der Waals surface area contributed by atoms with Gasteiger partial charge in [-0.2, -0.15) is 5.10 Å². The molecule has 2 nitrogen and oxygen atoms in total. The van der Waals surface area contributed by atoms with E-state index in [-0.39, 0.29) is 10.8 Å². The molecule has 1 atom stereocenters. The standard InChI is InChI=1S/C12H21ClN2/c1-9(13)7-12(3,4)8-11-6-10(2)14-15(11)5/h6,9H,7-8H2,1-5H3. The van der Waals surface area contributed by atoms with Crippen LogP contribution in [-0.2, 0) is 13.5 Å². The molecule has 15 heavy (non-hydrogen) atoms. The molecular formula is C12H21ClN2. The van der Waals surface area contributed by atoms with Crippen LogP contribution in [0.4, 0.5) is 0 Å². The molecule has 1 aromatic rings. The smallest absolute Gasteiger partial charge is 0.0596 e. The van der Waals surface area contributed by atoms with Crippen LogP contribution in [0.2, 0.25) is 0 Å². The topological polar surface area (TPSA) is 17.8 Å². The lowest BCUT2D eigenvalue weighted by atomic mass is 9.83. The van der Waals surface area contributed by atoms with Crippen molar-refractivity contribution in [2.45, 2.75) is 45.9 Å². The molecule has 1 rings (SSSR count). The van der Waals surface area contributed by atoms with E-state index in [9.17, 15) is 0 Å². The Bertz CT molecular complexity index is 326. The summed E-state index contributed by atoms with van der Waals surface area (Å²) in [4.78, 5) is 0. The third-order valence-electron chi connectivity index (χ3n) is 2.59. The fraction of sp³-hybridized carbons (Fsp3) is 0.750. The van der Waals surface area contributed by atoms with Crippen molar-refractivity contribution >= 4 is 11.6 Å². The molecule has 0 saturated heterocycles. The summed E-state index contributed by atoms with van der Waals surface area (Å²) in [6.07, 6.45) is 2.06. The predicted molar refractivity (Wildman–Crippen MR) is 65.4 cm³/mol. The van der Waals surface area contributed by atoms with Gasteiger partial charge in [0.15, 0.2) is 0 Å². The maximum atomic E-state index is 6.05. The van der Waals surface area contributed by atoms with Crippen molar-refractivity contribution in [2.24, 2.45) is 12.5 Å². The Hall–Kier alpha value is -0.500. The van der Waals surface area contributed by atoms with Crippen molar-refractivity contribution < 1.29 is 0 Å². The molecule has 0 bridgehead atoms. The van der Waals surface area contributed by atoms with Crippen LogP contribution in [0.15, 0.2) is 6.07 Å².